The number of halogens is 8. The van der Waals surface area contributed by atoms with Crippen LogP contribution in [0.1, 0.15) is 6.92 Å². The van der Waals surface area contributed by atoms with Crippen molar-refractivity contribution >= 4 is 0 Å². The van der Waals surface area contributed by atoms with Crippen LogP contribution in [0.4, 0.5) is 35.1 Å². The van der Waals surface area contributed by atoms with E-state index in [1.807, 2.05) is 0 Å². The van der Waals surface area contributed by atoms with Crippen molar-refractivity contribution in [2.45, 2.75) is 24.7 Å². The molecule has 0 aromatic rings. The molecule has 0 aliphatic rings. The van der Waals surface area contributed by atoms with Gasteiger partial charge in [-0.25, -0.2) is 17.6 Å². The van der Waals surface area contributed by atoms with Gasteiger partial charge >= 0.3 is 63.2 Å². The molecule has 0 aromatic heterocycles. The number of alkyl halides is 6. The quantitative estimate of drug-likeness (QED) is 0.387. The van der Waals surface area contributed by atoms with Gasteiger partial charge in [0.25, 0.3) is 5.92 Å². The molecule has 9 heteroatoms. The van der Waals surface area contributed by atoms with Gasteiger partial charge in [0.1, 0.15) is 0 Å². The molecule has 0 spiro atoms. The van der Waals surface area contributed by atoms with Crippen molar-refractivity contribution in [3.63, 3.8) is 0 Å². The first-order valence-electron chi connectivity index (χ1n) is 2.76. The SMILES string of the molecule is CC(F)(F)C(F)(F)C(F)(F)[C-](F)F.[K+]. The van der Waals surface area contributed by atoms with Crippen LogP contribution in [0.15, 0.2) is 0 Å². The van der Waals surface area contributed by atoms with Gasteiger partial charge in [0.15, 0.2) is 0 Å². The third kappa shape index (κ3) is 3.03. The Balaban J connectivity index is 0. The van der Waals surface area contributed by atoms with Gasteiger partial charge in [-0.1, -0.05) is 0 Å². The molecule has 0 aromatic carbocycles. The van der Waals surface area contributed by atoms with Crippen molar-refractivity contribution < 1.29 is 86.5 Å². The van der Waals surface area contributed by atoms with Gasteiger partial charge in [-0.3, -0.25) is 0 Å². The molecule has 0 heterocycles. The van der Waals surface area contributed by atoms with Gasteiger partial charge in [0.2, 0.25) is 0 Å². The molecule has 0 saturated carbocycles. The van der Waals surface area contributed by atoms with E-state index in [2.05, 4.69) is 0 Å². The monoisotopic (exact) mass is 254 g/mol. The fourth-order valence-electron chi connectivity index (χ4n) is 0.394. The average Bonchev–Trinajstić information content (AvgIpc) is 1.84. The molecule has 0 amide bonds. The van der Waals surface area contributed by atoms with Crippen molar-refractivity contribution in [2.24, 2.45) is 0 Å². The Bertz CT molecular complexity index is 183. The molecule has 0 unspecified atom stereocenters. The van der Waals surface area contributed by atoms with Gasteiger partial charge in [-0.2, -0.15) is 8.78 Å². The zero-order valence-corrected chi connectivity index (χ0v) is 10.1. The van der Waals surface area contributed by atoms with Crippen molar-refractivity contribution in [1.29, 1.82) is 0 Å². The molecular formula is C5H3F8K. The second-order valence-corrected chi connectivity index (χ2v) is 2.30. The van der Waals surface area contributed by atoms with Crippen molar-refractivity contribution in [3.05, 3.63) is 6.43 Å². The standard InChI is InChI=1S/C5H3F8.K/c1-3(8,9)5(12,13)4(10,11)2(6)7;/h1H3;/q-1;+1. The maximum Gasteiger partial charge on any atom is 1.00 e. The first kappa shape index (κ1) is 17.5. The molecule has 0 bridgehead atoms. The molecule has 0 atom stereocenters. The molecule has 0 N–H and O–H groups in total. The first-order valence-corrected chi connectivity index (χ1v) is 2.76. The first-order chi connectivity index (χ1) is 5.44. The predicted octanol–water partition coefficient (Wildman–Crippen LogP) is 0.345. The summed E-state index contributed by atoms with van der Waals surface area (Å²) in [5.74, 6) is -17.4. The van der Waals surface area contributed by atoms with Crippen LogP contribution in [0.25, 0.3) is 0 Å². The molecule has 0 fully saturated rings. The van der Waals surface area contributed by atoms with Gasteiger partial charge in [-0.15, -0.1) is 0 Å². The summed E-state index contributed by atoms with van der Waals surface area (Å²) in [4.78, 5) is 0. The maximum atomic E-state index is 12.0. The summed E-state index contributed by atoms with van der Waals surface area (Å²) < 4.78 is 93.5. The summed E-state index contributed by atoms with van der Waals surface area (Å²) in [6.07, 6.45) is -4.04. The topological polar surface area (TPSA) is 0 Å². The van der Waals surface area contributed by atoms with Crippen LogP contribution in [0.3, 0.4) is 0 Å². The largest absolute Gasteiger partial charge is 1.00 e. The van der Waals surface area contributed by atoms with E-state index in [-0.39, 0.29) is 51.4 Å². The Hall–Kier alpha value is 1.08. The summed E-state index contributed by atoms with van der Waals surface area (Å²) in [6, 6.07) is 0. The Morgan fingerprint density at radius 3 is 1.21 bits per heavy atom. The molecule has 0 saturated heterocycles. The average molecular weight is 254 g/mol. The van der Waals surface area contributed by atoms with Gasteiger partial charge < -0.3 is 8.78 Å². The van der Waals surface area contributed by atoms with E-state index in [0.29, 0.717) is 0 Å². The van der Waals surface area contributed by atoms with Crippen LogP contribution in [0, 0.1) is 6.43 Å². The van der Waals surface area contributed by atoms with Crippen LogP contribution in [0.5, 0.6) is 0 Å². The fraction of sp³-hybridized carbons (Fsp3) is 0.800. The maximum absolute atomic E-state index is 12.0. The number of hydrogen-bond acceptors (Lipinski definition) is 0. The molecule has 80 valence electrons. The number of rotatable bonds is 3. The van der Waals surface area contributed by atoms with Crippen LogP contribution in [0.2, 0.25) is 0 Å². The van der Waals surface area contributed by atoms with Crippen LogP contribution in [-0.4, -0.2) is 17.8 Å². The normalized spacial score (nSPS) is 14.1. The molecule has 0 aliphatic carbocycles. The second kappa shape index (κ2) is 4.94. The third-order valence-corrected chi connectivity index (χ3v) is 1.18. The summed E-state index contributed by atoms with van der Waals surface area (Å²) in [7, 11) is 0. The summed E-state index contributed by atoms with van der Waals surface area (Å²) in [6.45, 7) is -0.566. The van der Waals surface area contributed by atoms with E-state index < -0.39 is 31.1 Å². The molecular weight excluding hydrogens is 251 g/mol. The Kier molecular flexibility index (Phi) is 6.16. The second-order valence-electron chi connectivity index (χ2n) is 2.30. The third-order valence-electron chi connectivity index (χ3n) is 1.18. The molecule has 14 heavy (non-hydrogen) atoms. The molecule has 0 radical (unpaired) electrons. The zero-order chi connectivity index (χ0) is 11.1. The van der Waals surface area contributed by atoms with Crippen LogP contribution >= 0.6 is 0 Å². The van der Waals surface area contributed by atoms with E-state index in [4.69, 9.17) is 0 Å². The molecule has 0 rings (SSSR count). The molecule has 0 nitrogen and oxygen atoms in total. The fourth-order valence-corrected chi connectivity index (χ4v) is 0.394. The van der Waals surface area contributed by atoms with Crippen LogP contribution < -0.4 is 51.4 Å². The Morgan fingerprint density at radius 1 is 0.857 bits per heavy atom. The predicted molar refractivity (Wildman–Crippen MR) is 26.0 cm³/mol. The van der Waals surface area contributed by atoms with Crippen LogP contribution in [-0.2, 0) is 0 Å². The smallest absolute Gasteiger partial charge is 0.415 e. The van der Waals surface area contributed by atoms with E-state index in [1.165, 1.54) is 0 Å². The Labute approximate surface area is 116 Å². The minimum Gasteiger partial charge on any atom is -0.415 e. The Morgan fingerprint density at radius 2 is 1.14 bits per heavy atom. The summed E-state index contributed by atoms with van der Waals surface area (Å²) in [5.41, 5.74) is 0. The van der Waals surface area contributed by atoms with E-state index in [9.17, 15) is 35.1 Å². The summed E-state index contributed by atoms with van der Waals surface area (Å²) >= 11 is 0. The molecule has 0 aliphatic heterocycles. The van der Waals surface area contributed by atoms with Crippen molar-refractivity contribution in [3.8, 4) is 0 Å². The van der Waals surface area contributed by atoms with Gasteiger partial charge in [0, 0.05) is 6.92 Å². The van der Waals surface area contributed by atoms with Crippen molar-refractivity contribution in [2.75, 3.05) is 0 Å². The zero-order valence-electron chi connectivity index (χ0n) is 7.02. The summed E-state index contributed by atoms with van der Waals surface area (Å²) in [5, 5.41) is 0. The minimum atomic E-state index is -6.12. The van der Waals surface area contributed by atoms with E-state index >= 15 is 0 Å². The van der Waals surface area contributed by atoms with E-state index in [1.54, 1.807) is 0 Å². The number of hydrogen-bond donors (Lipinski definition) is 0. The van der Waals surface area contributed by atoms with E-state index in [0.717, 1.165) is 0 Å². The van der Waals surface area contributed by atoms with Crippen molar-refractivity contribution in [1.82, 2.24) is 0 Å². The van der Waals surface area contributed by atoms with Gasteiger partial charge in [-0.05, 0) is 0 Å². The van der Waals surface area contributed by atoms with Gasteiger partial charge in [0.05, 0.1) is 6.43 Å². The minimum absolute atomic E-state index is 0.